The van der Waals surface area contributed by atoms with Crippen molar-refractivity contribution < 1.29 is 19.1 Å². The van der Waals surface area contributed by atoms with E-state index in [1.54, 1.807) is 30.3 Å². The topological polar surface area (TPSA) is 89.0 Å². The van der Waals surface area contributed by atoms with Crippen molar-refractivity contribution in [3.05, 3.63) is 52.0 Å². The molecule has 2 aromatic carbocycles. The van der Waals surface area contributed by atoms with Gasteiger partial charge in [-0.05, 0) is 30.3 Å². The SMILES string of the molecule is COc1cccc(C=NNC(=O)CC(=O)Nc2ccc(Cl)c(Cl)c2)c1OC. The highest BCUT2D eigenvalue weighted by Crippen LogP contribution is 2.29. The molecule has 2 rings (SSSR count). The summed E-state index contributed by atoms with van der Waals surface area (Å²) in [6.07, 6.45) is 0.989. The largest absolute Gasteiger partial charge is 0.493 e. The fourth-order valence-corrected chi connectivity index (χ4v) is 2.45. The number of para-hydroxylation sites is 1. The van der Waals surface area contributed by atoms with Crippen LogP contribution in [0.1, 0.15) is 12.0 Å². The Morgan fingerprint density at radius 1 is 1.07 bits per heavy atom. The molecule has 0 spiro atoms. The molecule has 2 amide bonds. The monoisotopic (exact) mass is 409 g/mol. The molecule has 2 aromatic rings. The zero-order chi connectivity index (χ0) is 19.8. The Kier molecular flexibility index (Phi) is 7.45. The van der Waals surface area contributed by atoms with Gasteiger partial charge in [0.1, 0.15) is 6.42 Å². The summed E-state index contributed by atoms with van der Waals surface area (Å²) in [4.78, 5) is 23.7. The van der Waals surface area contributed by atoms with Crippen LogP contribution in [0.5, 0.6) is 11.5 Å². The van der Waals surface area contributed by atoms with E-state index in [9.17, 15) is 9.59 Å². The molecular formula is C18H17Cl2N3O4. The first-order valence-corrected chi connectivity index (χ1v) is 8.48. The van der Waals surface area contributed by atoms with Crippen molar-refractivity contribution in [1.82, 2.24) is 5.43 Å². The number of nitrogens with one attached hydrogen (secondary N) is 2. The van der Waals surface area contributed by atoms with Crippen molar-refractivity contribution in [2.45, 2.75) is 6.42 Å². The lowest BCUT2D eigenvalue weighted by Crippen LogP contribution is -2.24. The zero-order valence-electron chi connectivity index (χ0n) is 14.6. The van der Waals surface area contributed by atoms with E-state index < -0.39 is 18.2 Å². The Bertz CT molecular complexity index is 872. The fraction of sp³-hybridized carbons (Fsp3) is 0.167. The highest BCUT2D eigenvalue weighted by atomic mass is 35.5. The van der Waals surface area contributed by atoms with Gasteiger partial charge in [0, 0.05) is 11.3 Å². The first-order chi connectivity index (χ1) is 12.9. The Morgan fingerprint density at radius 2 is 1.85 bits per heavy atom. The van der Waals surface area contributed by atoms with Gasteiger partial charge in [-0.25, -0.2) is 5.43 Å². The van der Waals surface area contributed by atoms with E-state index >= 15 is 0 Å². The summed E-state index contributed by atoms with van der Waals surface area (Å²) >= 11 is 11.7. The average molecular weight is 410 g/mol. The molecule has 0 radical (unpaired) electrons. The summed E-state index contributed by atoms with van der Waals surface area (Å²) in [6, 6.07) is 9.86. The van der Waals surface area contributed by atoms with Crippen LogP contribution in [0.3, 0.4) is 0 Å². The highest BCUT2D eigenvalue weighted by Gasteiger charge is 2.11. The Balaban J connectivity index is 1.91. The van der Waals surface area contributed by atoms with Crippen molar-refractivity contribution in [1.29, 1.82) is 0 Å². The van der Waals surface area contributed by atoms with Gasteiger partial charge in [-0.2, -0.15) is 5.10 Å². The first kappa shape index (κ1) is 20.5. The third kappa shape index (κ3) is 5.87. The molecule has 27 heavy (non-hydrogen) atoms. The number of carbonyl (C=O) groups excluding carboxylic acids is 2. The number of amides is 2. The normalized spacial score (nSPS) is 10.5. The van der Waals surface area contributed by atoms with Crippen LogP contribution >= 0.6 is 23.2 Å². The molecule has 0 saturated carbocycles. The number of anilines is 1. The molecular weight excluding hydrogens is 393 g/mol. The van der Waals surface area contributed by atoms with E-state index in [1.165, 1.54) is 26.5 Å². The second-order valence-electron chi connectivity index (χ2n) is 5.23. The number of hydrazone groups is 1. The van der Waals surface area contributed by atoms with E-state index in [-0.39, 0.29) is 0 Å². The standard InChI is InChI=1S/C18H17Cl2N3O4/c1-26-15-5-3-4-11(18(15)27-2)10-21-23-17(25)9-16(24)22-12-6-7-13(19)14(20)8-12/h3-8,10H,9H2,1-2H3,(H,22,24)(H,23,25). The lowest BCUT2D eigenvalue weighted by Gasteiger charge is -2.09. The zero-order valence-corrected chi connectivity index (χ0v) is 16.1. The minimum atomic E-state index is -0.578. The van der Waals surface area contributed by atoms with Gasteiger partial charge in [0.2, 0.25) is 11.8 Å². The van der Waals surface area contributed by atoms with Crippen LogP contribution in [0.2, 0.25) is 10.0 Å². The number of hydrogen-bond acceptors (Lipinski definition) is 5. The molecule has 142 valence electrons. The van der Waals surface area contributed by atoms with Gasteiger partial charge in [-0.1, -0.05) is 29.3 Å². The molecule has 0 atom stereocenters. The van der Waals surface area contributed by atoms with Crippen LogP contribution in [0.15, 0.2) is 41.5 Å². The third-order valence-electron chi connectivity index (χ3n) is 3.35. The number of hydrogen-bond donors (Lipinski definition) is 2. The second kappa shape index (κ2) is 9.80. The van der Waals surface area contributed by atoms with Gasteiger partial charge in [0.05, 0.1) is 30.5 Å². The molecule has 0 aliphatic rings. The van der Waals surface area contributed by atoms with Gasteiger partial charge in [0.25, 0.3) is 0 Å². The molecule has 0 fully saturated rings. The van der Waals surface area contributed by atoms with Crippen LogP contribution in [-0.4, -0.2) is 32.2 Å². The third-order valence-corrected chi connectivity index (χ3v) is 4.09. The summed E-state index contributed by atoms with van der Waals surface area (Å²) in [6.45, 7) is 0. The van der Waals surface area contributed by atoms with Crippen LogP contribution in [-0.2, 0) is 9.59 Å². The molecule has 7 nitrogen and oxygen atoms in total. The predicted octanol–water partition coefficient (Wildman–Crippen LogP) is 3.49. The van der Waals surface area contributed by atoms with Crippen molar-refractivity contribution in [2.24, 2.45) is 5.10 Å². The molecule has 0 aliphatic heterocycles. The van der Waals surface area contributed by atoms with E-state index in [4.69, 9.17) is 32.7 Å². The predicted molar refractivity (Wildman–Crippen MR) is 105 cm³/mol. The second-order valence-corrected chi connectivity index (χ2v) is 6.04. The van der Waals surface area contributed by atoms with Crippen LogP contribution in [0, 0.1) is 0 Å². The molecule has 0 unspecified atom stereocenters. The minimum absolute atomic E-state index is 0.302. The number of rotatable bonds is 7. The molecule has 2 N–H and O–H groups in total. The summed E-state index contributed by atoms with van der Waals surface area (Å²) in [5.41, 5.74) is 3.33. The summed E-state index contributed by atoms with van der Waals surface area (Å²) in [5, 5.41) is 7.06. The quantitative estimate of drug-likeness (QED) is 0.416. The smallest absolute Gasteiger partial charge is 0.249 e. The fourth-order valence-electron chi connectivity index (χ4n) is 2.15. The number of methoxy groups -OCH3 is 2. The van der Waals surface area contributed by atoms with Crippen LogP contribution < -0.4 is 20.2 Å². The Labute approximate surface area is 166 Å². The Hall–Kier alpha value is -2.77. The van der Waals surface area contributed by atoms with Gasteiger partial charge >= 0.3 is 0 Å². The van der Waals surface area contributed by atoms with Gasteiger partial charge in [0.15, 0.2) is 11.5 Å². The maximum Gasteiger partial charge on any atom is 0.249 e. The average Bonchev–Trinajstić information content (AvgIpc) is 2.64. The first-order valence-electron chi connectivity index (χ1n) is 7.72. The van der Waals surface area contributed by atoms with E-state index in [0.717, 1.165) is 0 Å². The van der Waals surface area contributed by atoms with Crippen LogP contribution in [0.4, 0.5) is 5.69 Å². The molecule has 0 saturated heterocycles. The minimum Gasteiger partial charge on any atom is -0.493 e. The number of halogens is 2. The van der Waals surface area contributed by atoms with Crippen molar-refractivity contribution >= 4 is 46.9 Å². The van der Waals surface area contributed by atoms with E-state index in [1.807, 2.05) is 0 Å². The lowest BCUT2D eigenvalue weighted by atomic mass is 10.2. The number of ether oxygens (including phenoxy) is 2. The van der Waals surface area contributed by atoms with E-state index in [2.05, 4.69) is 15.8 Å². The maximum atomic E-state index is 11.9. The molecule has 0 aliphatic carbocycles. The van der Waals surface area contributed by atoms with Crippen molar-refractivity contribution in [3.8, 4) is 11.5 Å². The van der Waals surface area contributed by atoms with Crippen LogP contribution in [0.25, 0.3) is 0 Å². The molecule has 0 bridgehead atoms. The number of benzene rings is 2. The van der Waals surface area contributed by atoms with Gasteiger partial charge < -0.3 is 14.8 Å². The van der Waals surface area contributed by atoms with Gasteiger partial charge in [-0.3, -0.25) is 9.59 Å². The Morgan fingerprint density at radius 3 is 2.52 bits per heavy atom. The van der Waals surface area contributed by atoms with Crippen molar-refractivity contribution in [2.75, 3.05) is 19.5 Å². The summed E-state index contributed by atoms with van der Waals surface area (Å²) in [7, 11) is 3.02. The van der Waals surface area contributed by atoms with Gasteiger partial charge in [-0.15, -0.1) is 0 Å². The maximum absolute atomic E-state index is 11.9. The molecule has 0 heterocycles. The molecule has 9 heteroatoms. The summed E-state index contributed by atoms with van der Waals surface area (Å²) in [5.74, 6) is -0.0742. The highest BCUT2D eigenvalue weighted by molar-refractivity contribution is 6.42. The van der Waals surface area contributed by atoms with E-state index in [0.29, 0.717) is 32.8 Å². The molecule has 0 aromatic heterocycles. The summed E-state index contributed by atoms with van der Waals surface area (Å²) < 4.78 is 10.4. The lowest BCUT2D eigenvalue weighted by molar-refractivity contribution is -0.126. The number of nitrogens with zero attached hydrogens (tertiary/aromatic N) is 1. The number of carbonyl (C=O) groups is 2. The van der Waals surface area contributed by atoms with Crippen molar-refractivity contribution in [3.63, 3.8) is 0 Å².